The largest absolute Gasteiger partial charge is 0.481 e. The standard InChI is InChI=1S/C18H23N3O3/c1-12-7-13(2)9-16(8-12)24-15(4)17(22)20-5-6-21-11-19-10-14(3)18(21)23/h7-11,15H,5-6H2,1-4H3,(H,20,22). The van der Waals surface area contributed by atoms with E-state index in [0.29, 0.717) is 24.4 Å². The van der Waals surface area contributed by atoms with Gasteiger partial charge in [-0.25, -0.2) is 4.98 Å². The Bertz CT molecular complexity index is 763. The lowest BCUT2D eigenvalue weighted by Gasteiger charge is -2.16. The van der Waals surface area contributed by atoms with Crippen molar-refractivity contribution in [3.63, 3.8) is 0 Å². The van der Waals surface area contributed by atoms with Crippen LogP contribution in [-0.2, 0) is 11.3 Å². The topological polar surface area (TPSA) is 73.2 Å². The van der Waals surface area contributed by atoms with Gasteiger partial charge in [0.05, 0.1) is 6.33 Å². The summed E-state index contributed by atoms with van der Waals surface area (Å²) in [5.41, 5.74) is 2.65. The molecule has 1 heterocycles. The van der Waals surface area contributed by atoms with E-state index < -0.39 is 6.10 Å². The summed E-state index contributed by atoms with van der Waals surface area (Å²) < 4.78 is 7.17. The summed E-state index contributed by atoms with van der Waals surface area (Å²) in [6.45, 7) is 8.09. The number of hydrogen-bond donors (Lipinski definition) is 1. The third-order valence-corrected chi connectivity index (χ3v) is 3.60. The van der Waals surface area contributed by atoms with Gasteiger partial charge >= 0.3 is 0 Å². The van der Waals surface area contributed by atoms with Crippen molar-refractivity contribution in [3.8, 4) is 5.75 Å². The van der Waals surface area contributed by atoms with Gasteiger partial charge < -0.3 is 10.1 Å². The smallest absolute Gasteiger partial charge is 0.260 e. The Morgan fingerprint density at radius 2 is 1.92 bits per heavy atom. The van der Waals surface area contributed by atoms with Crippen molar-refractivity contribution in [3.05, 3.63) is 57.8 Å². The van der Waals surface area contributed by atoms with E-state index in [1.807, 2.05) is 32.0 Å². The number of benzene rings is 1. The number of rotatable bonds is 6. The van der Waals surface area contributed by atoms with Crippen molar-refractivity contribution in [1.82, 2.24) is 14.9 Å². The van der Waals surface area contributed by atoms with Gasteiger partial charge in [-0.3, -0.25) is 14.2 Å². The Labute approximate surface area is 141 Å². The van der Waals surface area contributed by atoms with E-state index in [1.54, 1.807) is 13.8 Å². The van der Waals surface area contributed by atoms with Crippen molar-refractivity contribution < 1.29 is 9.53 Å². The average Bonchev–Trinajstić information content (AvgIpc) is 2.50. The highest BCUT2D eigenvalue weighted by Gasteiger charge is 2.14. The van der Waals surface area contributed by atoms with Gasteiger partial charge in [0, 0.05) is 24.8 Å². The van der Waals surface area contributed by atoms with Crippen LogP contribution >= 0.6 is 0 Å². The van der Waals surface area contributed by atoms with Crippen LogP contribution in [0.3, 0.4) is 0 Å². The maximum atomic E-state index is 12.1. The fraction of sp³-hybridized carbons (Fsp3) is 0.389. The second-order valence-corrected chi connectivity index (χ2v) is 5.95. The maximum Gasteiger partial charge on any atom is 0.260 e. The highest BCUT2D eigenvalue weighted by molar-refractivity contribution is 5.80. The van der Waals surface area contributed by atoms with E-state index in [1.165, 1.54) is 17.1 Å². The van der Waals surface area contributed by atoms with Gasteiger partial charge in [0.2, 0.25) is 0 Å². The lowest BCUT2D eigenvalue weighted by atomic mass is 10.1. The summed E-state index contributed by atoms with van der Waals surface area (Å²) >= 11 is 0. The monoisotopic (exact) mass is 329 g/mol. The highest BCUT2D eigenvalue weighted by Crippen LogP contribution is 2.17. The van der Waals surface area contributed by atoms with E-state index in [4.69, 9.17) is 4.74 Å². The van der Waals surface area contributed by atoms with Crippen LogP contribution < -0.4 is 15.6 Å². The Balaban J connectivity index is 1.87. The second-order valence-electron chi connectivity index (χ2n) is 5.95. The Morgan fingerprint density at radius 3 is 2.58 bits per heavy atom. The van der Waals surface area contributed by atoms with Crippen LogP contribution in [0.4, 0.5) is 0 Å². The molecule has 2 aromatic rings. The minimum Gasteiger partial charge on any atom is -0.481 e. The van der Waals surface area contributed by atoms with Crippen molar-refractivity contribution in [2.45, 2.75) is 40.3 Å². The Morgan fingerprint density at radius 1 is 1.25 bits per heavy atom. The molecule has 1 atom stereocenters. The summed E-state index contributed by atoms with van der Waals surface area (Å²) in [5.74, 6) is 0.456. The Hall–Kier alpha value is -2.63. The molecule has 0 radical (unpaired) electrons. The number of carbonyl (C=O) groups is 1. The molecule has 1 unspecified atom stereocenters. The minimum absolute atomic E-state index is 0.0983. The molecule has 0 saturated heterocycles. The summed E-state index contributed by atoms with van der Waals surface area (Å²) in [4.78, 5) is 28.0. The molecule has 0 fully saturated rings. The van der Waals surface area contributed by atoms with Gasteiger partial charge in [-0.15, -0.1) is 0 Å². The molecule has 0 saturated carbocycles. The molecule has 1 aromatic heterocycles. The zero-order valence-corrected chi connectivity index (χ0v) is 14.5. The van der Waals surface area contributed by atoms with Crippen LogP contribution in [0.1, 0.15) is 23.6 Å². The third kappa shape index (κ3) is 4.68. The molecule has 0 aliphatic heterocycles. The number of carbonyl (C=O) groups excluding carboxylic acids is 1. The van der Waals surface area contributed by atoms with Crippen LogP contribution in [0.5, 0.6) is 5.75 Å². The van der Waals surface area contributed by atoms with E-state index in [-0.39, 0.29) is 11.5 Å². The number of hydrogen-bond acceptors (Lipinski definition) is 4. The first-order valence-electron chi connectivity index (χ1n) is 7.90. The molecular formula is C18H23N3O3. The summed E-state index contributed by atoms with van der Waals surface area (Å²) in [7, 11) is 0. The van der Waals surface area contributed by atoms with Gasteiger partial charge in [-0.1, -0.05) is 6.07 Å². The predicted molar refractivity (Wildman–Crippen MR) is 92.2 cm³/mol. The summed E-state index contributed by atoms with van der Waals surface area (Å²) in [5, 5.41) is 2.78. The van der Waals surface area contributed by atoms with E-state index in [0.717, 1.165) is 11.1 Å². The molecule has 0 aliphatic rings. The highest BCUT2D eigenvalue weighted by atomic mass is 16.5. The van der Waals surface area contributed by atoms with Crippen molar-refractivity contribution >= 4 is 5.91 Å². The lowest BCUT2D eigenvalue weighted by Crippen LogP contribution is -2.39. The van der Waals surface area contributed by atoms with Gasteiger partial charge in [-0.05, 0) is 51.0 Å². The molecule has 0 spiro atoms. The number of ether oxygens (including phenoxy) is 1. The molecule has 128 valence electrons. The van der Waals surface area contributed by atoms with Gasteiger partial charge in [0.25, 0.3) is 11.5 Å². The van der Waals surface area contributed by atoms with Crippen molar-refractivity contribution in [1.29, 1.82) is 0 Å². The van der Waals surface area contributed by atoms with Crippen LogP contribution in [0.15, 0.2) is 35.5 Å². The molecule has 1 aromatic carbocycles. The van der Waals surface area contributed by atoms with Crippen molar-refractivity contribution in [2.75, 3.05) is 6.54 Å². The summed E-state index contributed by atoms with van der Waals surface area (Å²) in [6, 6.07) is 5.84. The molecule has 1 amide bonds. The average molecular weight is 329 g/mol. The first kappa shape index (κ1) is 17.7. The van der Waals surface area contributed by atoms with Gasteiger partial charge in [-0.2, -0.15) is 0 Å². The predicted octanol–water partition coefficient (Wildman–Crippen LogP) is 1.75. The Kier molecular flexibility index (Phi) is 5.73. The van der Waals surface area contributed by atoms with E-state index >= 15 is 0 Å². The molecular weight excluding hydrogens is 306 g/mol. The zero-order valence-electron chi connectivity index (χ0n) is 14.5. The molecule has 0 aliphatic carbocycles. The molecule has 6 nitrogen and oxygen atoms in total. The van der Waals surface area contributed by atoms with Crippen LogP contribution in [0.2, 0.25) is 0 Å². The number of nitrogens with one attached hydrogen (secondary N) is 1. The van der Waals surface area contributed by atoms with Crippen LogP contribution in [0.25, 0.3) is 0 Å². The SMILES string of the molecule is Cc1cc(C)cc(OC(C)C(=O)NCCn2cncc(C)c2=O)c1. The van der Waals surface area contributed by atoms with E-state index in [9.17, 15) is 9.59 Å². The fourth-order valence-corrected chi connectivity index (χ4v) is 2.42. The zero-order chi connectivity index (χ0) is 17.7. The fourth-order valence-electron chi connectivity index (χ4n) is 2.42. The third-order valence-electron chi connectivity index (χ3n) is 3.60. The number of amides is 1. The number of aromatic nitrogens is 2. The second kappa shape index (κ2) is 7.77. The van der Waals surface area contributed by atoms with Crippen LogP contribution in [0, 0.1) is 20.8 Å². The maximum absolute atomic E-state index is 12.1. The summed E-state index contributed by atoms with van der Waals surface area (Å²) in [6.07, 6.45) is 2.38. The number of nitrogens with zero attached hydrogens (tertiary/aromatic N) is 2. The first-order chi connectivity index (χ1) is 11.4. The first-order valence-corrected chi connectivity index (χ1v) is 7.90. The molecule has 6 heteroatoms. The minimum atomic E-state index is -0.612. The van der Waals surface area contributed by atoms with Crippen LogP contribution in [-0.4, -0.2) is 28.1 Å². The van der Waals surface area contributed by atoms with Gasteiger partial charge in [0.1, 0.15) is 5.75 Å². The van der Waals surface area contributed by atoms with E-state index in [2.05, 4.69) is 10.3 Å². The van der Waals surface area contributed by atoms with Crippen molar-refractivity contribution in [2.24, 2.45) is 0 Å². The lowest BCUT2D eigenvalue weighted by molar-refractivity contribution is -0.127. The molecule has 0 bridgehead atoms. The normalized spacial score (nSPS) is 11.8. The molecule has 2 rings (SSSR count). The van der Waals surface area contributed by atoms with Gasteiger partial charge in [0.15, 0.2) is 6.10 Å². The number of aryl methyl sites for hydroxylation is 3. The molecule has 24 heavy (non-hydrogen) atoms. The molecule has 1 N–H and O–H groups in total. The quantitative estimate of drug-likeness (QED) is 0.876.